The van der Waals surface area contributed by atoms with E-state index >= 15 is 0 Å². The fraction of sp³-hybridized carbons (Fsp3) is 0.250. The second kappa shape index (κ2) is 7.25. The van der Waals surface area contributed by atoms with Crippen molar-refractivity contribution >= 4 is 27.5 Å². The number of nitrogens with one attached hydrogen (secondary N) is 1. The summed E-state index contributed by atoms with van der Waals surface area (Å²) >= 11 is 9.10. The second-order valence-corrected chi connectivity index (χ2v) is 6.29. The minimum Gasteiger partial charge on any atom is -0.457 e. The molecule has 0 fully saturated rings. The van der Waals surface area contributed by atoms with Gasteiger partial charge in [-0.2, -0.15) is 0 Å². The highest BCUT2D eigenvalue weighted by Gasteiger charge is 2.08. The average molecular weight is 373 g/mol. The predicted molar refractivity (Wildman–Crippen MR) is 87.6 cm³/mol. The van der Waals surface area contributed by atoms with Crippen molar-refractivity contribution in [3.05, 3.63) is 57.3 Å². The molecule has 0 aliphatic rings. The predicted octanol–water partition coefficient (Wildman–Crippen LogP) is 5.53. The summed E-state index contributed by atoms with van der Waals surface area (Å²) in [6.07, 6.45) is 0. The summed E-state index contributed by atoms with van der Waals surface area (Å²) in [6.45, 7) is 4.83. The van der Waals surface area contributed by atoms with Gasteiger partial charge in [0.1, 0.15) is 17.3 Å². The largest absolute Gasteiger partial charge is 0.457 e. The first kappa shape index (κ1) is 16.3. The molecule has 2 aromatic rings. The molecule has 21 heavy (non-hydrogen) atoms. The van der Waals surface area contributed by atoms with Crippen LogP contribution in [0.15, 0.2) is 40.9 Å². The monoisotopic (exact) mass is 371 g/mol. The fourth-order valence-corrected chi connectivity index (χ4v) is 2.21. The third-order valence-electron chi connectivity index (χ3n) is 2.85. The van der Waals surface area contributed by atoms with Crippen LogP contribution < -0.4 is 10.1 Å². The Morgan fingerprint density at radius 1 is 1.24 bits per heavy atom. The third kappa shape index (κ3) is 4.70. The van der Waals surface area contributed by atoms with Gasteiger partial charge in [0.15, 0.2) is 0 Å². The van der Waals surface area contributed by atoms with Crippen LogP contribution >= 0.6 is 27.5 Å². The highest BCUT2D eigenvalue weighted by molar-refractivity contribution is 9.10. The van der Waals surface area contributed by atoms with Crippen molar-refractivity contribution < 1.29 is 9.13 Å². The maximum Gasteiger partial charge on any atom is 0.145 e. The lowest BCUT2D eigenvalue weighted by molar-refractivity contribution is 0.464. The van der Waals surface area contributed by atoms with E-state index in [9.17, 15) is 4.39 Å². The molecule has 0 atom stereocenters. The number of hydrogen-bond acceptors (Lipinski definition) is 2. The van der Waals surface area contributed by atoms with E-state index in [1.807, 2.05) is 18.2 Å². The standard InChI is InChI=1S/C16H16BrClFNO/c1-10(2)20-9-11-3-4-12(17)7-16(11)21-13-5-6-14(18)15(19)8-13/h3-8,10,20H,9H2,1-2H3. The fourth-order valence-electron chi connectivity index (χ4n) is 1.75. The minimum atomic E-state index is -0.494. The Hall–Kier alpha value is -1.10. The average Bonchev–Trinajstić information content (AvgIpc) is 2.42. The summed E-state index contributed by atoms with van der Waals surface area (Å²) in [5.41, 5.74) is 1.00. The molecule has 0 aromatic heterocycles. The van der Waals surface area contributed by atoms with Gasteiger partial charge in [0, 0.05) is 28.7 Å². The lowest BCUT2D eigenvalue weighted by Gasteiger charge is -2.14. The summed E-state index contributed by atoms with van der Waals surface area (Å²) in [5.74, 6) is 0.603. The van der Waals surface area contributed by atoms with Gasteiger partial charge in [-0.1, -0.05) is 47.4 Å². The molecule has 0 spiro atoms. The third-order valence-corrected chi connectivity index (χ3v) is 3.65. The lowest BCUT2D eigenvalue weighted by atomic mass is 10.2. The van der Waals surface area contributed by atoms with Crippen molar-refractivity contribution in [2.24, 2.45) is 0 Å². The molecule has 0 aliphatic carbocycles. The van der Waals surface area contributed by atoms with E-state index in [0.29, 0.717) is 24.1 Å². The quantitative estimate of drug-likeness (QED) is 0.745. The summed E-state index contributed by atoms with van der Waals surface area (Å²) in [7, 11) is 0. The molecule has 5 heteroatoms. The van der Waals surface area contributed by atoms with Gasteiger partial charge in [-0.25, -0.2) is 4.39 Å². The Morgan fingerprint density at radius 3 is 2.67 bits per heavy atom. The molecule has 0 saturated carbocycles. The molecule has 2 aromatic carbocycles. The van der Waals surface area contributed by atoms with Gasteiger partial charge < -0.3 is 10.1 Å². The van der Waals surface area contributed by atoms with Gasteiger partial charge in [0.25, 0.3) is 0 Å². The first-order valence-electron chi connectivity index (χ1n) is 6.60. The Kier molecular flexibility index (Phi) is 5.62. The van der Waals surface area contributed by atoms with Crippen LogP contribution in [0.2, 0.25) is 5.02 Å². The molecule has 2 nitrogen and oxygen atoms in total. The van der Waals surface area contributed by atoms with Gasteiger partial charge in [-0.15, -0.1) is 0 Å². The topological polar surface area (TPSA) is 21.3 Å². The first-order chi connectivity index (χ1) is 9.95. The van der Waals surface area contributed by atoms with Gasteiger partial charge in [-0.3, -0.25) is 0 Å². The van der Waals surface area contributed by atoms with Gasteiger partial charge >= 0.3 is 0 Å². The van der Waals surface area contributed by atoms with Crippen molar-refractivity contribution in [1.82, 2.24) is 5.32 Å². The van der Waals surface area contributed by atoms with Crippen molar-refractivity contribution in [2.75, 3.05) is 0 Å². The van der Waals surface area contributed by atoms with Crippen LogP contribution in [0.5, 0.6) is 11.5 Å². The van der Waals surface area contributed by atoms with Crippen molar-refractivity contribution in [1.29, 1.82) is 0 Å². The zero-order chi connectivity index (χ0) is 15.4. The van der Waals surface area contributed by atoms with E-state index in [2.05, 4.69) is 35.1 Å². The molecule has 2 rings (SSSR count). The highest BCUT2D eigenvalue weighted by atomic mass is 79.9. The van der Waals surface area contributed by atoms with E-state index in [1.165, 1.54) is 12.1 Å². The summed E-state index contributed by atoms with van der Waals surface area (Å²) in [6, 6.07) is 10.6. The summed E-state index contributed by atoms with van der Waals surface area (Å²) in [4.78, 5) is 0. The highest BCUT2D eigenvalue weighted by Crippen LogP contribution is 2.30. The van der Waals surface area contributed by atoms with Gasteiger partial charge in [-0.05, 0) is 24.3 Å². The van der Waals surface area contributed by atoms with Crippen LogP contribution in [-0.4, -0.2) is 6.04 Å². The van der Waals surface area contributed by atoms with Gasteiger partial charge in [0.2, 0.25) is 0 Å². The molecule has 0 radical (unpaired) electrons. The zero-order valence-electron chi connectivity index (χ0n) is 11.8. The molecule has 0 unspecified atom stereocenters. The van der Waals surface area contributed by atoms with Crippen LogP contribution in [0.1, 0.15) is 19.4 Å². The molecule has 0 aliphatic heterocycles. The second-order valence-electron chi connectivity index (χ2n) is 4.97. The molecule has 112 valence electrons. The molecule has 1 N–H and O–H groups in total. The van der Waals surface area contributed by atoms with Crippen LogP contribution in [0, 0.1) is 5.82 Å². The number of benzene rings is 2. The Morgan fingerprint density at radius 2 is 2.00 bits per heavy atom. The van der Waals surface area contributed by atoms with Crippen molar-refractivity contribution in [3.8, 4) is 11.5 Å². The van der Waals surface area contributed by atoms with Crippen molar-refractivity contribution in [2.45, 2.75) is 26.4 Å². The van der Waals surface area contributed by atoms with E-state index in [1.54, 1.807) is 6.07 Å². The number of ether oxygens (including phenoxy) is 1. The Bertz CT molecular complexity index is 634. The van der Waals surface area contributed by atoms with Crippen LogP contribution in [0.3, 0.4) is 0 Å². The normalized spacial score (nSPS) is 11.0. The minimum absolute atomic E-state index is 0.0818. The molecule has 0 heterocycles. The van der Waals surface area contributed by atoms with Crippen molar-refractivity contribution in [3.63, 3.8) is 0 Å². The smallest absolute Gasteiger partial charge is 0.145 e. The van der Waals surface area contributed by atoms with Crippen LogP contribution in [0.4, 0.5) is 4.39 Å². The van der Waals surface area contributed by atoms with E-state index in [-0.39, 0.29) is 5.02 Å². The molecular weight excluding hydrogens is 357 g/mol. The Labute approximate surface area is 137 Å². The summed E-state index contributed by atoms with van der Waals surface area (Å²) < 4.78 is 20.2. The molecule has 0 saturated heterocycles. The van der Waals surface area contributed by atoms with Gasteiger partial charge in [0.05, 0.1) is 5.02 Å². The number of halogens is 3. The summed E-state index contributed by atoms with van der Waals surface area (Å²) in [5, 5.41) is 3.42. The molecule has 0 amide bonds. The maximum atomic E-state index is 13.5. The SMILES string of the molecule is CC(C)NCc1ccc(Br)cc1Oc1ccc(Cl)c(F)c1. The maximum absolute atomic E-state index is 13.5. The van der Waals surface area contributed by atoms with E-state index in [4.69, 9.17) is 16.3 Å². The first-order valence-corrected chi connectivity index (χ1v) is 7.77. The number of hydrogen-bond donors (Lipinski definition) is 1. The number of rotatable bonds is 5. The van der Waals surface area contributed by atoms with Crippen LogP contribution in [-0.2, 0) is 6.54 Å². The Balaban J connectivity index is 2.24. The van der Waals surface area contributed by atoms with Crippen LogP contribution in [0.25, 0.3) is 0 Å². The van der Waals surface area contributed by atoms with E-state index in [0.717, 1.165) is 10.0 Å². The zero-order valence-corrected chi connectivity index (χ0v) is 14.1. The lowest BCUT2D eigenvalue weighted by Crippen LogP contribution is -2.22. The van der Waals surface area contributed by atoms with E-state index < -0.39 is 5.82 Å². The molecule has 0 bridgehead atoms. The molecular formula is C16H16BrClFNO.